The zero-order valence-electron chi connectivity index (χ0n) is 18.0. The average Bonchev–Trinajstić information content (AvgIpc) is 2.79. The molecular weight excluding hydrogens is 394 g/mol. The molecule has 2 aromatic carbocycles. The Morgan fingerprint density at radius 2 is 1.61 bits per heavy atom. The van der Waals surface area contributed by atoms with Crippen molar-refractivity contribution in [3.63, 3.8) is 0 Å². The third-order valence-electron chi connectivity index (χ3n) is 5.18. The fourth-order valence-corrected chi connectivity index (χ4v) is 3.33. The summed E-state index contributed by atoms with van der Waals surface area (Å²) in [7, 11) is 1.51. The predicted octanol–water partition coefficient (Wildman–Crippen LogP) is 2.26. The molecule has 162 valence electrons. The molecule has 0 unspecified atom stereocenters. The SMILES string of the molecule is CCN(CC)CCNC(=O)c1ccc(NC(=O)c2nn(C)c(=O)c3ccccc23)cc1. The van der Waals surface area contributed by atoms with E-state index in [4.69, 9.17) is 0 Å². The van der Waals surface area contributed by atoms with Crippen molar-refractivity contribution in [1.82, 2.24) is 20.0 Å². The van der Waals surface area contributed by atoms with Crippen LogP contribution in [-0.2, 0) is 7.05 Å². The highest BCUT2D eigenvalue weighted by Gasteiger charge is 2.16. The Bertz CT molecular complexity index is 1130. The first-order valence-electron chi connectivity index (χ1n) is 10.3. The number of nitrogens with one attached hydrogen (secondary N) is 2. The van der Waals surface area contributed by atoms with Gasteiger partial charge in [-0.3, -0.25) is 14.4 Å². The van der Waals surface area contributed by atoms with Crippen LogP contribution < -0.4 is 16.2 Å². The molecule has 3 aromatic rings. The van der Waals surface area contributed by atoms with Gasteiger partial charge in [0.15, 0.2) is 5.69 Å². The number of fused-ring (bicyclic) bond motifs is 1. The summed E-state index contributed by atoms with van der Waals surface area (Å²) in [6, 6.07) is 13.5. The zero-order chi connectivity index (χ0) is 22.4. The van der Waals surface area contributed by atoms with Crippen LogP contribution in [-0.4, -0.2) is 52.7 Å². The van der Waals surface area contributed by atoms with Crippen molar-refractivity contribution >= 4 is 28.3 Å². The molecule has 0 aliphatic rings. The van der Waals surface area contributed by atoms with Gasteiger partial charge in [0, 0.05) is 36.8 Å². The fourth-order valence-electron chi connectivity index (χ4n) is 3.33. The lowest BCUT2D eigenvalue weighted by Gasteiger charge is -2.18. The Morgan fingerprint density at radius 1 is 0.968 bits per heavy atom. The minimum Gasteiger partial charge on any atom is -0.351 e. The van der Waals surface area contributed by atoms with E-state index in [2.05, 4.69) is 34.5 Å². The first-order valence-corrected chi connectivity index (χ1v) is 10.3. The van der Waals surface area contributed by atoms with Gasteiger partial charge in [-0.25, -0.2) is 4.68 Å². The van der Waals surface area contributed by atoms with Crippen LogP contribution in [0.2, 0.25) is 0 Å². The Balaban J connectivity index is 1.68. The van der Waals surface area contributed by atoms with Gasteiger partial charge in [0.05, 0.1) is 5.39 Å². The van der Waals surface area contributed by atoms with E-state index < -0.39 is 5.91 Å². The molecule has 8 heteroatoms. The smallest absolute Gasteiger partial charge is 0.276 e. The molecule has 8 nitrogen and oxygen atoms in total. The molecule has 0 fully saturated rings. The van der Waals surface area contributed by atoms with E-state index in [0.29, 0.717) is 28.6 Å². The predicted molar refractivity (Wildman–Crippen MR) is 122 cm³/mol. The summed E-state index contributed by atoms with van der Waals surface area (Å²) in [4.78, 5) is 39.6. The number of aryl methyl sites for hydroxylation is 1. The first-order chi connectivity index (χ1) is 14.9. The molecule has 0 atom stereocenters. The topological polar surface area (TPSA) is 96.3 Å². The highest BCUT2D eigenvalue weighted by molar-refractivity contribution is 6.11. The highest BCUT2D eigenvalue weighted by Crippen LogP contribution is 2.16. The molecule has 2 amide bonds. The number of amides is 2. The minimum atomic E-state index is -0.428. The van der Waals surface area contributed by atoms with E-state index in [0.717, 1.165) is 24.3 Å². The Hall–Kier alpha value is -3.52. The molecule has 0 saturated carbocycles. The van der Waals surface area contributed by atoms with Gasteiger partial charge in [-0.2, -0.15) is 5.10 Å². The van der Waals surface area contributed by atoms with Crippen molar-refractivity contribution in [2.75, 3.05) is 31.5 Å². The summed E-state index contributed by atoms with van der Waals surface area (Å²) in [5, 5.41) is 10.7. The molecule has 3 rings (SSSR count). The highest BCUT2D eigenvalue weighted by atomic mass is 16.2. The molecule has 0 aliphatic heterocycles. The van der Waals surface area contributed by atoms with E-state index in [9.17, 15) is 14.4 Å². The second-order valence-corrected chi connectivity index (χ2v) is 7.14. The first kappa shape index (κ1) is 22.2. The van der Waals surface area contributed by atoms with Gasteiger partial charge in [0.25, 0.3) is 17.4 Å². The number of anilines is 1. The normalized spacial score (nSPS) is 11.0. The molecule has 0 radical (unpaired) electrons. The van der Waals surface area contributed by atoms with Crippen LogP contribution in [0.15, 0.2) is 53.3 Å². The summed E-state index contributed by atoms with van der Waals surface area (Å²) in [5.41, 5.74) is 0.951. The van der Waals surface area contributed by atoms with Gasteiger partial charge in [-0.1, -0.05) is 32.0 Å². The van der Waals surface area contributed by atoms with E-state index in [1.54, 1.807) is 48.5 Å². The Morgan fingerprint density at radius 3 is 2.26 bits per heavy atom. The number of nitrogens with zero attached hydrogens (tertiary/aromatic N) is 3. The number of carbonyl (C=O) groups excluding carboxylic acids is 2. The number of likely N-dealkylation sites (N-methyl/N-ethyl adjacent to an activating group) is 1. The second kappa shape index (κ2) is 9.99. The van der Waals surface area contributed by atoms with Crippen molar-refractivity contribution < 1.29 is 9.59 Å². The van der Waals surface area contributed by atoms with E-state index in [1.165, 1.54) is 7.05 Å². The molecule has 0 saturated heterocycles. The van der Waals surface area contributed by atoms with Crippen molar-refractivity contribution in [2.45, 2.75) is 13.8 Å². The number of hydrogen-bond donors (Lipinski definition) is 2. The summed E-state index contributed by atoms with van der Waals surface area (Å²) in [5.74, 6) is -0.584. The van der Waals surface area contributed by atoms with Gasteiger partial charge >= 0.3 is 0 Å². The summed E-state index contributed by atoms with van der Waals surface area (Å²) in [6.45, 7) is 7.44. The van der Waals surface area contributed by atoms with E-state index in [1.807, 2.05) is 0 Å². The van der Waals surface area contributed by atoms with Crippen LogP contribution in [0, 0.1) is 0 Å². The second-order valence-electron chi connectivity index (χ2n) is 7.14. The monoisotopic (exact) mass is 421 g/mol. The molecule has 1 heterocycles. The number of carbonyl (C=O) groups is 2. The lowest BCUT2D eigenvalue weighted by Crippen LogP contribution is -2.34. The van der Waals surface area contributed by atoms with Crippen LogP contribution in [0.4, 0.5) is 5.69 Å². The van der Waals surface area contributed by atoms with Crippen LogP contribution in [0.3, 0.4) is 0 Å². The van der Waals surface area contributed by atoms with E-state index in [-0.39, 0.29) is 17.2 Å². The van der Waals surface area contributed by atoms with Gasteiger partial charge in [0.1, 0.15) is 0 Å². The molecule has 0 bridgehead atoms. The van der Waals surface area contributed by atoms with Gasteiger partial charge in [-0.15, -0.1) is 0 Å². The van der Waals surface area contributed by atoms with Crippen molar-refractivity contribution in [3.05, 3.63) is 70.1 Å². The molecule has 31 heavy (non-hydrogen) atoms. The summed E-state index contributed by atoms with van der Waals surface area (Å²) in [6.07, 6.45) is 0. The minimum absolute atomic E-state index is 0.157. The van der Waals surface area contributed by atoms with Crippen LogP contribution in [0.1, 0.15) is 34.7 Å². The van der Waals surface area contributed by atoms with Gasteiger partial charge in [0.2, 0.25) is 0 Å². The fraction of sp³-hybridized carbons (Fsp3) is 0.304. The van der Waals surface area contributed by atoms with Gasteiger partial charge < -0.3 is 15.5 Å². The maximum absolute atomic E-state index is 12.8. The molecule has 0 spiro atoms. The van der Waals surface area contributed by atoms with Crippen LogP contribution in [0.25, 0.3) is 10.8 Å². The molecule has 2 N–H and O–H groups in total. The molecular formula is C23H27N5O3. The lowest BCUT2D eigenvalue weighted by atomic mass is 10.1. The summed E-state index contributed by atoms with van der Waals surface area (Å²) < 4.78 is 1.16. The van der Waals surface area contributed by atoms with Crippen LogP contribution >= 0.6 is 0 Å². The summed E-state index contributed by atoms with van der Waals surface area (Å²) >= 11 is 0. The number of benzene rings is 2. The van der Waals surface area contributed by atoms with Crippen LogP contribution in [0.5, 0.6) is 0 Å². The number of aromatic nitrogens is 2. The lowest BCUT2D eigenvalue weighted by molar-refractivity contribution is 0.0948. The Kier molecular flexibility index (Phi) is 7.15. The van der Waals surface area contributed by atoms with Crippen molar-refractivity contribution in [1.29, 1.82) is 0 Å². The standard InChI is InChI=1S/C23H27N5O3/c1-4-28(5-2)15-14-24-21(29)16-10-12-17(13-11-16)25-22(30)20-18-8-6-7-9-19(18)23(31)27(3)26-20/h6-13H,4-5,14-15H2,1-3H3,(H,24,29)(H,25,30). The van der Waals surface area contributed by atoms with E-state index >= 15 is 0 Å². The maximum Gasteiger partial charge on any atom is 0.276 e. The number of rotatable bonds is 8. The molecule has 0 aliphatic carbocycles. The zero-order valence-corrected chi connectivity index (χ0v) is 18.0. The Labute approximate surface area is 180 Å². The number of hydrogen-bond acceptors (Lipinski definition) is 5. The maximum atomic E-state index is 12.8. The van der Waals surface area contributed by atoms with Crippen molar-refractivity contribution in [3.8, 4) is 0 Å². The largest absolute Gasteiger partial charge is 0.351 e. The van der Waals surface area contributed by atoms with Gasteiger partial charge in [-0.05, 0) is 43.4 Å². The third kappa shape index (κ3) is 5.16. The average molecular weight is 422 g/mol. The molecule has 1 aromatic heterocycles. The quantitative estimate of drug-likeness (QED) is 0.582. The van der Waals surface area contributed by atoms with Crippen molar-refractivity contribution in [2.24, 2.45) is 7.05 Å². The third-order valence-corrected chi connectivity index (χ3v) is 5.18.